The van der Waals surface area contributed by atoms with E-state index in [1.165, 1.54) is 24.8 Å². The normalized spacial score (nSPS) is 31.8. The largest absolute Gasteiger partial charge is 0.307 e. The quantitative estimate of drug-likeness (QED) is 0.826. The Morgan fingerprint density at radius 3 is 2.88 bits per heavy atom. The second-order valence-electron chi connectivity index (χ2n) is 5.16. The van der Waals surface area contributed by atoms with Crippen molar-refractivity contribution in [2.45, 2.75) is 52.1 Å². The van der Waals surface area contributed by atoms with Gasteiger partial charge in [0, 0.05) is 12.1 Å². The Balaban J connectivity index is 1.91. The number of thiophene rings is 1. The van der Waals surface area contributed by atoms with E-state index in [9.17, 15) is 0 Å². The highest BCUT2D eigenvalue weighted by Crippen LogP contribution is 2.35. The van der Waals surface area contributed by atoms with E-state index >= 15 is 0 Å². The molecule has 2 rings (SSSR count). The Morgan fingerprint density at radius 2 is 2.31 bits per heavy atom. The predicted octanol–water partition coefficient (Wildman–Crippen LogP) is 4.22. The standard InChI is InChI=1S/C14H23NS/c1-4-12-5-6-14(10(12)2)15-11(3)13-7-8-16-9-13/h7-12,14-15H,4-6H2,1-3H3. The van der Waals surface area contributed by atoms with Crippen LogP contribution in [0.1, 0.15) is 51.6 Å². The van der Waals surface area contributed by atoms with Crippen molar-refractivity contribution in [3.63, 3.8) is 0 Å². The SMILES string of the molecule is CCC1CCC(NC(C)c2ccsc2)C1C. The van der Waals surface area contributed by atoms with E-state index < -0.39 is 0 Å². The van der Waals surface area contributed by atoms with Gasteiger partial charge in [-0.25, -0.2) is 0 Å². The molecule has 4 atom stereocenters. The van der Waals surface area contributed by atoms with Crippen LogP contribution in [0.3, 0.4) is 0 Å². The molecule has 1 aliphatic carbocycles. The Kier molecular flexibility index (Phi) is 4.04. The van der Waals surface area contributed by atoms with Gasteiger partial charge in [-0.15, -0.1) is 0 Å². The van der Waals surface area contributed by atoms with E-state index in [1.807, 2.05) is 0 Å². The third kappa shape index (κ3) is 2.49. The van der Waals surface area contributed by atoms with Crippen LogP contribution in [-0.4, -0.2) is 6.04 Å². The summed E-state index contributed by atoms with van der Waals surface area (Å²) in [5.74, 6) is 1.78. The molecule has 1 N–H and O–H groups in total. The molecule has 2 heteroatoms. The summed E-state index contributed by atoms with van der Waals surface area (Å²) < 4.78 is 0. The van der Waals surface area contributed by atoms with Gasteiger partial charge in [-0.05, 0) is 54.0 Å². The van der Waals surface area contributed by atoms with Crippen molar-refractivity contribution in [1.82, 2.24) is 5.32 Å². The first-order valence-corrected chi connectivity index (χ1v) is 7.44. The Hall–Kier alpha value is -0.340. The summed E-state index contributed by atoms with van der Waals surface area (Å²) in [6.07, 6.45) is 4.10. The molecule has 4 unspecified atom stereocenters. The summed E-state index contributed by atoms with van der Waals surface area (Å²) in [6.45, 7) is 7.03. The zero-order valence-corrected chi connectivity index (χ0v) is 11.4. The molecule has 0 aromatic carbocycles. The highest BCUT2D eigenvalue weighted by Gasteiger charge is 2.32. The molecule has 0 radical (unpaired) electrons. The van der Waals surface area contributed by atoms with Crippen LogP contribution in [0.15, 0.2) is 16.8 Å². The van der Waals surface area contributed by atoms with Crippen LogP contribution in [0.4, 0.5) is 0 Å². The van der Waals surface area contributed by atoms with Crippen LogP contribution < -0.4 is 5.32 Å². The van der Waals surface area contributed by atoms with Crippen LogP contribution in [0.25, 0.3) is 0 Å². The third-order valence-corrected chi connectivity index (χ3v) is 4.96. The minimum Gasteiger partial charge on any atom is -0.307 e. The molecular weight excluding hydrogens is 214 g/mol. The van der Waals surface area contributed by atoms with E-state index in [1.54, 1.807) is 11.3 Å². The maximum Gasteiger partial charge on any atom is 0.0302 e. The number of hydrogen-bond donors (Lipinski definition) is 1. The molecule has 0 spiro atoms. The lowest BCUT2D eigenvalue weighted by Gasteiger charge is -2.24. The van der Waals surface area contributed by atoms with Crippen molar-refractivity contribution in [3.05, 3.63) is 22.4 Å². The van der Waals surface area contributed by atoms with E-state index in [2.05, 4.69) is 42.9 Å². The lowest BCUT2D eigenvalue weighted by atomic mass is 9.93. The fourth-order valence-electron chi connectivity index (χ4n) is 3.00. The molecule has 1 nitrogen and oxygen atoms in total. The van der Waals surface area contributed by atoms with Crippen molar-refractivity contribution in [2.24, 2.45) is 11.8 Å². The molecule has 0 saturated heterocycles. The van der Waals surface area contributed by atoms with Crippen LogP contribution in [-0.2, 0) is 0 Å². The van der Waals surface area contributed by atoms with Gasteiger partial charge in [0.2, 0.25) is 0 Å². The summed E-state index contributed by atoms with van der Waals surface area (Å²) in [7, 11) is 0. The topological polar surface area (TPSA) is 12.0 Å². The maximum absolute atomic E-state index is 3.80. The summed E-state index contributed by atoms with van der Waals surface area (Å²) >= 11 is 1.79. The van der Waals surface area contributed by atoms with E-state index in [0.717, 1.165) is 17.9 Å². The summed E-state index contributed by atoms with van der Waals surface area (Å²) in [4.78, 5) is 0. The van der Waals surface area contributed by atoms with Crippen LogP contribution in [0, 0.1) is 11.8 Å². The van der Waals surface area contributed by atoms with Crippen molar-refractivity contribution >= 4 is 11.3 Å². The first-order valence-electron chi connectivity index (χ1n) is 6.50. The van der Waals surface area contributed by atoms with Gasteiger partial charge in [-0.3, -0.25) is 0 Å². The van der Waals surface area contributed by atoms with Crippen molar-refractivity contribution in [2.75, 3.05) is 0 Å². The Labute approximate surface area is 103 Å². The number of hydrogen-bond acceptors (Lipinski definition) is 2. The van der Waals surface area contributed by atoms with E-state index in [-0.39, 0.29) is 0 Å². The van der Waals surface area contributed by atoms with Crippen molar-refractivity contribution in [1.29, 1.82) is 0 Å². The molecule has 0 amide bonds. The molecule has 1 heterocycles. The Bertz CT molecular complexity index is 307. The van der Waals surface area contributed by atoms with Gasteiger partial charge in [0.1, 0.15) is 0 Å². The summed E-state index contributed by atoms with van der Waals surface area (Å²) in [5, 5.41) is 8.23. The first-order chi connectivity index (χ1) is 7.72. The molecule has 16 heavy (non-hydrogen) atoms. The maximum atomic E-state index is 3.80. The Morgan fingerprint density at radius 1 is 1.50 bits per heavy atom. The zero-order chi connectivity index (χ0) is 11.5. The number of rotatable bonds is 4. The van der Waals surface area contributed by atoms with Gasteiger partial charge in [0.25, 0.3) is 0 Å². The lowest BCUT2D eigenvalue weighted by molar-refractivity contribution is 0.327. The van der Waals surface area contributed by atoms with Gasteiger partial charge < -0.3 is 5.32 Å². The number of nitrogens with one attached hydrogen (secondary N) is 1. The van der Waals surface area contributed by atoms with Crippen LogP contribution in [0.2, 0.25) is 0 Å². The molecule has 90 valence electrons. The van der Waals surface area contributed by atoms with E-state index in [0.29, 0.717) is 6.04 Å². The molecular formula is C14H23NS. The second kappa shape index (κ2) is 5.33. The molecule has 1 fully saturated rings. The average Bonchev–Trinajstić information content (AvgIpc) is 2.89. The molecule has 1 aliphatic rings. The highest BCUT2D eigenvalue weighted by molar-refractivity contribution is 7.07. The zero-order valence-electron chi connectivity index (χ0n) is 10.6. The van der Waals surface area contributed by atoms with E-state index in [4.69, 9.17) is 0 Å². The third-order valence-electron chi connectivity index (χ3n) is 4.26. The fourth-order valence-corrected chi connectivity index (χ4v) is 3.75. The summed E-state index contributed by atoms with van der Waals surface area (Å²) in [5.41, 5.74) is 1.44. The predicted molar refractivity (Wildman–Crippen MR) is 71.8 cm³/mol. The van der Waals surface area contributed by atoms with Crippen LogP contribution in [0.5, 0.6) is 0 Å². The fraction of sp³-hybridized carbons (Fsp3) is 0.714. The highest BCUT2D eigenvalue weighted by atomic mass is 32.1. The van der Waals surface area contributed by atoms with Crippen molar-refractivity contribution in [3.8, 4) is 0 Å². The smallest absolute Gasteiger partial charge is 0.0302 e. The van der Waals surface area contributed by atoms with Gasteiger partial charge in [-0.2, -0.15) is 11.3 Å². The molecule has 0 bridgehead atoms. The minimum absolute atomic E-state index is 0.509. The van der Waals surface area contributed by atoms with Crippen LogP contribution >= 0.6 is 11.3 Å². The molecule has 1 aromatic rings. The van der Waals surface area contributed by atoms with Gasteiger partial charge in [0.05, 0.1) is 0 Å². The van der Waals surface area contributed by atoms with Gasteiger partial charge in [0.15, 0.2) is 0 Å². The lowest BCUT2D eigenvalue weighted by Crippen LogP contribution is -2.34. The average molecular weight is 237 g/mol. The van der Waals surface area contributed by atoms with Gasteiger partial charge in [-0.1, -0.05) is 20.3 Å². The monoisotopic (exact) mass is 237 g/mol. The second-order valence-corrected chi connectivity index (χ2v) is 5.94. The molecule has 1 saturated carbocycles. The summed E-state index contributed by atoms with van der Waals surface area (Å²) in [6, 6.07) is 3.47. The van der Waals surface area contributed by atoms with Crippen molar-refractivity contribution < 1.29 is 0 Å². The molecule has 0 aliphatic heterocycles. The van der Waals surface area contributed by atoms with Gasteiger partial charge >= 0.3 is 0 Å². The molecule has 1 aromatic heterocycles. The first kappa shape index (κ1) is 12.1. The minimum atomic E-state index is 0.509.